The number of carboxylic acid groups (broad SMARTS) is 1. The number of aromatic hydroxyl groups is 1. The van der Waals surface area contributed by atoms with E-state index < -0.39 is 5.97 Å². The normalized spacial score (nSPS) is 14.5. The summed E-state index contributed by atoms with van der Waals surface area (Å²) in [5, 5.41) is 20.9. The lowest BCUT2D eigenvalue weighted by Gasteiger charge is -2.14. The molecule has 0 atom stereocenters. The van der Waals surface area contributed by atoms with E-state index in [-0.39, 0.29) is 12.3 Å². The van der Waals surface area contributed by atoms with Crippen LogP contribution in [0.4, 0.5) is 5.69 Å². The molecule has 36 heavy (non-hydrogen) atoms. The summed E-state index contributed by atoms with van der Waals surface area (Å²) in [6.45, 7) is 3.25. The Labute approximate surface area is 218 Å². The van der Waals surface area contributed by atoms with Crippen molar-refractivity contribution in [2.75, 3.05) is 13.1 Å². The highest BCUT2D eigenvalue weighted by Gasteiger charge is 2.19. The van der Waals surface area contributed by atoms with Crippen LogP contribution in [0.25, 0.3) is 10.9 Å². The predicted octanol–water partition coefficient (Wildman–Crippen LogP) is 6.42. The molecular weight excluding hydrogens is 518 g/mol. The van der Waals surface area contributed by atoms with Gasteiger partial charge < -0.3 is 15.2 Å². The predicted molar refractivity (Wildman–Crippen MR) is 146 cm³/mol. The van der Waals surface area contributed by atoms with Crippen molar-refractivity contribution < 1.29 is 15.0 Å². The van der Waals surface area contributed by atoms with Crippen LogP contribution in [0.1, 0.15) is 41.5 Å². The lowest BCUT2D eigenvalue weighted by atomic mass is 9.97. The maximum Gasteiger partial charge on any atom is 0.303 e. The second-order valence-corrected chi connectivity index (χ2v) is 10.2. The highest BCUT2D eigenvalue weighted by Crippen LogP contribution is 2.33. The molecule has 2 heterocycles. The molecule has 7 heteroatoms. The molecule has 0 aliphatic carbocycles. The zero-order valence-corrected chi connectivity index (χ0v) is 21.5. The topological polar surface area (TPSA) is 88.9 Å². The number of benzene rings is 3. The molecule has 0 spiro atoms. The van der Waals surface area contributed by atoms with Crippen molar-refractivity contribution in [2.24, 2.45) is 4.99 Å². The molecular formula is C29H28BrN3O3. The third kappa shape index (κ3) is 5.53. The van der Waals surface area contributed by atoms with Crippen molar-refractivity contribution in [3.05, 3.63) is 93.5 Å². The smallest absolute Gasteiger partial charge is 0.303 e. The number of aromatic amines is 1. The maximum atomic E-state index is 11.1. The number of halogens is 1. The Balaban J connectivity index is 1.56. The number of aryl methyl sites for hydroxylation is 1. The third-order valence-electron chi connectivity index (χ3n) is 6.59. The Morgan fingerprint density at radius 3 is 2.53 bits per heavy atom. The molecule has 0 radical (unpaired) electrons. The van der Waals surface area contributed by atoms with E-state index in [9.17, 15) is 9.90 Å². The van der Waals surface area contributed by atoms with Gasteiger partial charge in [-0.25, -0.2) is 4.99 Å². The largest absolute Gasteiger partial charge is 0.494 e. The van der Waals surface area contributed by atoms with E-state index in [1.807, 2.05) is 54.6 Å². The Kier molecular flexibility index (Phi) is 7.20. The van der Waals surface area contributed by atoms with Gasteiger partial charge in [0.15, 0.2) is 5.88 Å². The molecule has 184 valence electrons. The van der Waals surface area contributed by atoms with Crippen LogP contribution in [-0.4, -0.2) is 44.9 Å². The molecule has 1 fully saturated rings. The van der Waals surface area contributed by atoms with Crippen LogP contribution in [-0.2, 0) is 17.8 Å². The van der Waals surface area contributed by atoms with E-state index in [1.165, 1.54) is 18.4 Å². The maximum absolute atomic E-state index is 11.1. The van der Waals surface area contributed by atoms with Crippen LogP contribution in [0.15, 0.2) is 76.2 Å². The van der Waals surface area contributed by atoms with E-state index in [2.05, 4.69) is 37.9 Å². The first-order valence-corrected chi connectivity index (χ1v) is 13.0. The second kappa shape index (κ2) is 10.7. The van der Waals surface area contributed by atoms with E-state index in [0.29, 0.717) is 17.7 Å². The van der Waals surface area contributed by atoms with E-state index >= 15 is 0 Å². The summed E-state index contributed by atoms with van der Waals surface area (Å²) in [7, 11) is 0. The molecule has 6 nitrogen and oxygen atoms in total. The number of aliphatic carboxylic acids is 1. The fourth-order valence-electron chi connectivity index (χ4n) is 4.79. The van der Waals surface area contributed by atoms with Crippen molar-refractivity contribution in [1.82, 2.24) is 9.88 Å². The lowest BCUT2D eigenvalue weighted by Crippen LogP contribution is -2.18. The highest BCUT2D eigenvalue weighted by molar-refractivity contribution is 9.10. The highest BCUT2D eigenvalue weighted by atomic mass is 79.9. The van der Waals surface area contributed by atoms with Crippen molar-refractivity contribution in [3.63, 3.8) is 0 Å². The van der Waals surface area contributed by atoms with Gasteiger partial charge in [-0.2, -0.15) is 0 Å². The number of hydrogen-bond acceptors (Lipinski definition) is 4. The summed E-state index contributed by atoms with van der Waals surface area (Å²) in [4.78, 5) is 21.7. The van der Waals surface area contributed by atoms with Gasteiger partial charge in [0, 0.05) is 28.4 Å². The number of hydrogen-bond donors (Lipinski definition) is 3. The zero-order chi connectivity index (χ0) is 25.1. The molecule has 0 bridgehead atoms. The van der Waals surface area contributed by atoms with Crippen LogP contribution >= 0.6 is 15.9 Å². The fourth-order valence-corrected chi connectivity index (χ4v) is 5.15. The molecule has 0 unspecified atom stereocenters. The van der Waals surface area contributed by atoms with Gasteiger partial charge in [0.2, 0.25) is 0 Å². The molecule has 1 aromatic heterocycles. The fraction of sp³-hybridized carbons (Fsp3) is 0.241. The number of H-pyrrole nitrogens is 1. The van der Waals surface area contributed by atoms with Gasteiger partial charge in [-0.1, -0.05) is 52.3 Å². The zero-order valence-electron chi connectivity index (χ0n) is 19.9. The molecule has 3 N–H and O–H groups in total. The minimum Gasteiger partial charge on any atom is -0.494 e. The van der Waals surface area contributed by atoms with Crippen LogP contribution < -0.4 is 0 Å². The van der Waals surface area contributed by atoms with E-state index in [0.717, 1.165) is 51.8 Å². The molecule has 1 aliphatic rings. The van der Waals surface area contributed by atoms with Gasteiger partial charge in [-0.15, -0.1) is 0 Å². The van der Waals surface area contributed by atoms with Gasteiger partial charge in [0.05, 0.1) is 22.5 Å². The summed E-state index contributed by atoms with van der Waals surface area (Å²) >= 11 is 3.50. The number of fused-ring (bicyclic) bond motifs is 1. The van der Waals surface area contributed by atoms with Crippen molar-refractivity contribution in [2.45, 2.75) is 32.2 Å². The summed E-state index contributed by atoms with van der Waals surface area (Å²) in [6.07, 6.45) is 3.01. The van der Waals surface area contributed by atoms with Gasteiger partial charge in [-0.3, -0.25) is 9.69 Å². The Morgan fingerprint density at radius 1 is 1.00 bits per heavy atom. The number of nitrogens with zero attached hydrogens (tertiary/aromatic N) is 2. The Bertz CT molecular complexity index is 1420. The van der Waals surface area contributed by atoms with Crippen LogP contribution in [0.2, 0.25) is 0 Å². The van der Waals surface area contributed by atoms with Gasteiger partial charge in [-0.05, 0) is 73.8 Å². The molecule has 3 aromatic carbocycles. The Morgan fingerprint density at radius 2 is 1.78 bits per heavy atom. The van der Waals surface area contributed by atoms with Gasteiger partial charge in [0.25, 0.3) is 0 Å². The van der Waals surface area contributed by atoms with E-state index in [1.54, 1.807) is 0 Å². The van der Waals surface area contributed by atoms with Crippen molar-refractivity contribution in [3.8, 4) is 5.88 Å². The van der Waals surface area contributed by atoms with Gasteiger partial charge in [0.1, 0.15) is 0 Å². The molecule has 4 aromatic rings. The van der Waals surface area contributed by atoms with E-state index in [4.69, 9.17) is 10.1 Å². The number of carboxylic acids is 1. The minimum absolute atomic E-state index is 0.0449. The molecule has 5 rings (SSSR count). The van der Waals surface area contributed by atoms with Crippen LogP contribution in [0.5, 0.6) is 5.88 Å². The van der Waals surface area contributed by atoms with Gasteiger partial charge >= 0.3 is 5.97 Å². The minimum atomic E-state index is -0.830. The summed E-state index contributed by atoms with van der Waals surface area (Å²) < 4.78 is 0.908. The number of rotatable bonds is 8. The summed E-state index contributed by atoms with van der Waals surface area (Å²) in [6, 6.07) is 21.8. The third-order valence-corrected chi connectivity index (χ3v) is 7.08. The quantitative estimate of drug-likeness (QED) is 0.223. The van der Waals surface area contributed by atoms with Crippen molar-refractivity contribution in [1.29, 1.82) is 0 Å². The van der Waals surface area contributed by atoms with Crippen LogP contribution in [0.3, 0.4) is 0 Å². The summed E-state index contributed by atoms with van der Waals surface area (Å²) in [5.74, 6) is -0.786. The Hall–Kier alpha value is -3.42. The number of likely N-dealkylation sites (tertiary alicyclic amines) is 1. The van der Waals surface area contributed by atoms with Crippen LogP contribution in [0, 0.1) is 0 Å². The molecule has 0 saturated carbocycles. The molecule has 0 amide bonds. The second-order valence-electron chi connectivity index (χ2n) is 9.24. The average Bonchev–Trinajstić information content (AvgIpc) is 3.49. The number of aromatic nitrogens is 1. The lowest BCUT2D eigenvalue weighted by molar-refractivity contribution is -0.136. The first kappa shape index (κ1) is 24.3. The first-order valence-electron chi connectivity index (χ1n) is 12.2. The molecule has 1 saturated heterocycles. The molecule has 1 aliphatic heterocycles. The number of aliphatic imine (C=N–C) groups is 1. The monoisotopic (exact) mass is 545 g/mol. The number of carbonyl (C=O) groups is 1. The average molecular weight is 546 g/mol. The standard InChI is InChI=1S/C29H28BrN3O3/c30-22-9-12-24-25(17-22)32-29(36)27(24)28(21-5-3-4-19(16-21)8-13-26(34)35)31-23-10-6-20(7-11-23)18-33-14-1-2-15-33/h3-7,9-12,16-17,32,36H,1-2,8,13-15,18H2,(H,34,35). The first-order chi connectivity index (χ1) is 17.5. The summed E-state index contributed by atoms with van der Waals surface area (Å²) in [5.41, 5.74) is 5.82. The SMILES string of the molecule is O=C(O)CCc1cccc(C(=Nc2ccc(CN3CCCC3)cc2)c2c(O)[nH]c3cc(Br)ccc23)c1. The van der Waals surface area contributed by atoms with Crippen molar-refractivity contribution >= 4 is 44.2 Å². The number of nitrogens with one attached hydrogen (secondary N) is 1.